The van der Waals surface area contributed by atoms with E-state index in [0.717, 1.165) is 31.4 Å². The number of hydrogen-bond acceptors (Lipinski definition) is 1. The topological polar surface area (TPSA) is 15.4 Å². The molecule has 0 spiro atoms. The summed E-state index contributed by atoms with van der Waals surface area (Å²) in [4.78, 5) is 0. The fourth-order valence-electron chi connectivity index (χ4n) is 5.55. The van der Waals surface area contributed by atoms with Crippen LogP contribution in [0, 0.1) is 6.92 Å². The van der Waals surface area contributed by atoms with Crippen LogP contribution in [0.3, 0.4) is 0 Å². The molecule has 0 radical (unpaired) electrons. The van der Waals surface area contributed by atoms with E-state index in [0.29, 0.717) is 0 Å². The zero-order valence-corrected chi connectivity index (χ0v) is 24.8. The lowest BCUT2D eigenvalue weighted by atomic mass is 9.90. The van der Waals surface area contributed by atoms with E-state index < -0.39 is 0 Å². The summed E-state index contributed by atoms with van der Waals surface area (Å²) < 4.78 is 1.97. The summed E-state index contributed by atoms with van der Waals surface area (Å²) in [5.41, 5.74) is 12.3. The van der Waals surface area contributed by atoms with Crippen molar-refractivity contribution in [3.63, 3.8) is 0 Å². The van der Waals surface area contributed by atoms with Crippen LogP contribution in [-0.4, -0.2) is 11.7 Å². The molecule has 0 aliphatic heterocycles. The van der Waals surface area contributed by atoms with Crippen molar-refractivity contribution in [2.24, 2.45) is 5.11 Å². The minimum absolute atomic E-state index is 1.06. The Labute approximate surface area is 232 Å². The van der Waals surface area contributed by atoms with Crippen molar-refractivity contribution in [2.45, 2.75) is 98.8 Å². The molecule has 3 rings (SSSR count). The van der Waals surface area contributed by atoms with Gasteiger partial charge in [-0.15, -0.1) is 0 Å². The van der Waals surface area contributed by atoms with Gasteiger partial charge in [0.15, 0.2) is 13.2 Å². The summed E-state index contributed by atoms with van der Waals surface area (Å²) in [6, 6.07) is 20.1. The van der Waals surface area contributed by atoms with Crippen molar-refractivity contribution >= 4 is 11.8 Å². The highest BCUT2D eigenvalue weighted by Crippen LogP contribution is 2.31. The predicted molar refractivity (Wildman–Crippen MR) is 166 cm³/mol. The normalized spacial score (nSPS) is 12.0. The van der Waals surface area contributed by atoms with E-state index in [2.05, 4.69) is 101 Å². The molecule has 0 unspecified atom stereocenters. The highest BCUT2D eigenvalue weighted by Gasteiger charge is 2.12. The molecule has 0 N–H and O–H groups in total. The maximum Gasteiger partial charge on any atom is 0.196 e. The Kier molecular flexibility index (Phi) is 12.0. The number of hydrogen-bond donors (Lipinski definition) is 0. The van der Waals surface area contributed by atoms with Gasteiger partial charge < -0.3 is 0 Å². The van der Waals surface area contributed by atoms with E-state index in [1.54, 1.807) is 0 Å². The van der Waals surface area contributed by atoms with Crippen LogP contribution in [0.5, 0.6) is 0 Å². The molecule has 202 valence electrons. The first-order valence-electron chi connectivity index (χ1n) is 15.0. The van der Waals surface area contributed by atoms with Gasteiger partial charge >= 0.3 is 0 Å². The second kappa shape index (κ2) is 15.4. The van der Waals surface area contributed by atoms with Gasteiger partial charge in [0.05, 0.1) is 0 Å². The van der Waals surface area contributed by atoms with Gasteiger partial charge in [-0.1, -0.05) is 101 Å². The predicted octanol–water partition coefficient (Wildman–Crippen LogP) is 10.6. The van der Waals surface area contributed by atoms with Crippen molar-refractivity contribution in [3.8, 4) is 11.1 Å². The first-order chi connectivity index (χ1) is 18.5. The summed E-state index contributed by atoms with van der Waals surface area (Å²) in [5.74, 6) is 0. The van der Waals surface area contributed by atoms with Crippen LogP contribution in [0.25, 0.3) is 17.2 Å². The zero-order valence-electron chi connectivity index (χ0n) is 24.8. The quantitative estimate of drug-likeness (QED) is 0.117. The monoisotopic (exact) mass is 509 g/mol. The fourth-order valence-corrected chi connectivity index (χ4v) is 5.55. The second-order valence-electron chi connectivity index (χ2n) is 10.6. The molecule has 2 heteroatoms. The maximum absolute atomic E-state index is 4.97. The summed E-state index contributed by atoms with van der Waals surface area (Å²) in [5, 5.41) is 4.97. The Balaban J connectivity index is 1.88. The fraction of sp³-hybridized carbons (Fsp3) is 0.444. The Bertz CT molecular complexity index is 1220. The molecule has 3 aromatic rings. The Morgan fingerprint density at radius 3 is 2.13 bits per heavy atom. The van der Waals surface area contributed by atoms with Crippen molar-refractivity contribution in [3.05, 3.63) is 94.2 Å². The molecule has 3 aromatic carbocycles. The molecule has 2 nitrogen and oxygen atoms in total. The second-order valence-corrected chi connectivity index (χ2v) is 10.6. The lowest BCUT2D eigenvalue weighted by molar-refractivity contribution is -0.491. The molecule has 0 saturated carbocycles. The largest absolute Gasteiger partial charge is 0.196 e. The summed E-state index contributed by atoms with van der Waals surface area (Å²) >= 11 is 0. The van der Waals surface area contributed by atoms with Gasteiger partial charge in [0.1, 0.15) is 5.69 Å². The van der Waals surface area contributed by atoms with E-state index in [-0.39, 0.29) is 0 Å². The SMILES string of the molecule is CCCCCCc1cc(N=[N+](C)C=Cc2cc(C)c(-c3ccccc3)c(CCCC)c2)cc(CC)c1CC. The first-order valence-corrected chi connectivity index (χ1v) is 15.0. The third kappa shape index (κ3) is 8.25. The molecule has 0 aromatic heterocycles. The van der Waals surface area contributed by atoms with Crippen LogP contribution in [-0.2, 0) is 25.7 Å². The van der Waals surface area contributed by atoms with Gasteiger partial charge in [-0.3, -0.25) is 0 Å². The van der Waals surface area contributed by atoms with Gasteiger partial charge in [-0.25, -0.2) is 0 Å². The maximum atomic E-state index is 4.97. The minimum atomic E-state index is 1.06. The standard InChI is InChI=1S/C36H49N2/c1-7-11-13-15-21-32-27-34(26-30(9-3)35(32)10-4)37-38(6)23-22-29-24-28(5)36(31-19-16-14-17-20-31)33(25-29)18-12-8-2/h14,16-17,19-20,22-27H,7-13,15,18,21H2,1-6H3/q+1. The molecular weight excluding hydrogens is 460 g/mol. The Morgan fingerprint density at radius 1 is 0.737 bits per heavy atom. The van der Waals surface area contributed by atoms with Crippen molar-refractivity contribution in [1.82, 2.24) is 0 Å². The Morgan fingerprint density at radius 2 is 1.45 bits per heavy atom. The molecular formula is C36H49N2+. The van der Waals surface area contributed by atoms with Gasteiger partial charge in [0.25, 0.3) is 0 Å². The first kappa shape index (κ1) is 29.6. The summed E-state index contributed by atoms with van der Waals surface area (Å²) in [7, 11) is 2.04. The van der Waals surface area contributed by atoms with Crippen LogP contribution >= 0.6 is 0 Å². The highest BCUT2D eigenvalue weighted by atomic mass is 15.2. The Hall–Kier alpha value is -3.00. The molecule has 0 heterocycles. The smallest absolute Gasteiger partial charge is 0.0934 e. The van der Waals surface area contributed by atoms with Gasteiger partial charge in [-0.05, 0) is 107 Å². The van der Waals surface area contributed by atoms with Crippen molar-refractivity contribution in [1.29, 1.82) is 0 Å². The number of unbranched alkanes of at least 4 members (excludes halogenated alkanes) is 4. The average molecular weight is 510 g/mol. The summed E-state index contributed by atoms with van der Waals surface area (Å²) in [6.07, 6.45) is 16.3. The van der Waals surface area contributed by atoms with Gasteiger partial charge in [0.2, 0.25) is 0 Å². The van der Waals surface area contributed by atoms with E-state index in [4.69, 9.17) is 5.11 Å². The molecule has 0 amide bonds. The summed E-state index contributed by atoms with van der Waals surface area (Å²) in [6.45, 7) is 11.3. The molecule has 0 saturated heterocycles. The van der Waals surface area contributed by atoms with Gasteiger partial charge in [-0.2, -0.15) is 0 Å². The van der Waals surface area contributed by atoms with E-state index in [1.807, 2.05) is 11.7 Å². The molecule has 38 heavy (non-hydrogen) atoms. The van der Waals surface area contributed by atoms with E-state index in [1.165, 1.54) is 83.0 Å². The van der Waals surface area contributed by atoms with E-state index in [9.17, 15) is 0 Å². The zero-order chi connectivity index (χ0) is 27.3. The number of aryl methyl sites for hydroxylation is 4. The van der Waals surface area contributed by atoms with Crippen molar-refractivity contribution in [2.75, 3.05) is 7.05 Å². The minimum Gasteiger partial charge on any atom is -0.0934 e. The van der Waals surface area contributed by atoms with E-state index >= 15 is 0 Å². The number of nitrogens with zero attached hydrogens (tertiary/aromatic N) is 2. The lowest BCUT2D eigenvalue weighted by Gasteiger charge is -2.14. The van der Waals surface area contributed by atoms with Crippen LogP contribution in [0.15, 0.2) is 65.9 Å². The van der Waals surface area contributed by atoms with Crippen LogP contribution in [0.1, 0.15) is 99.6 Å². The van der Waals surface area contributed by atoms with Crippen molar-refractivity contribution < 1.29 is 4.70 Å². The third-order valence-electron chi connectivity index (χ3n) is 7.51. The van der Waals surface area contributed by atoms with Gasteiger partial charge in [0, 0.05) is 6.08 Å². The highest BCUT2D eigenvalue weighted by molar-refractivity contribution is 5.73. The third-order valence-corrected chi connectivity index (χ3v) is 7.51. The molecule has 0 fully saturated rings. The number of azo groups is 2. The molecule has 0 aliphatic carbocycles. The van der Waals surface area contributed by atoms with Crippen LogP contribution in [0.4, 0.5) is 5.69 Å². The van der Waals surface area contributed by atoms with Crippen LogP contribution < -0.4 is 0 Å². The number of rotatable bonds is 14. The molecule has 0 atom stereocenters. The average Bonchev–Trinajstić information content (AvgIpc) is 2.93. The lowest BCUT2D eigenvalue weighted by Crippen LogP contribution is -2.00. The number of benzene rings is 3. The molecule has 0 bridgehead atoms. The molecule has 0 aliphatic rings. The van der Waals surface area contributed by atoms with Crippen LogP contribution in [0.2, 0.25) is 0 Å².